The predicted molar refractivity (Wildman–Crippen MR) is 82.2 cm³/mol. The topological polar surface area (TPSA) is 16.1 Å². The summed E-state index contributed by atoms with van der Waals surface area (Å²) in [5.41, 5.74) is 2.24. The first-order chi connectivity index (χ1) is 9.20. The third-order valence-electron chi connectivity index (χ3n) is 3.03. The minimum Gasteiger partial charge on any atom is -0.359 e. The standard InChI is InChI=1S/C15H16Cl2N2/c1-19(8-7-12-5-3-2-4-6-12)15-9-13(10-16)14(17)11-18-15/h2-6,9,11H,7-8,10H2,1H3. The first-order valence-corrected chi connectivity index (χ1v) is 7.07. The Labute approximate surface area is 124 Å². The summed E-state index contributed by atoms with van der Waals surface area (Å²) in [5, 5.41) is 0.621. The van der Waals surface area contributed by atoms with Crippen molar-refractivity contribution >= 4 is 29.0 Å². The van der Waals surface area contributed by atoms with Gasteiger partial charge in [-0.2, -0.15) is 0 Å². The lowest BCUT2D eigenvalue weighted by Gasteiger charge is -2.19. The molecule has 0 saturated carbocycles. The van der Waals surface area contributed by atoms with Crippen molar-refractivity contribution in [3.8, 4) is 0 Å². The van der Waals surface area contributed by atoms with E-state index in [2.05, 4.69) is 34.1 Å². The van der Waals surface area contributed by atoms with Crippen molar-refractivity contribution in [1.82, 2.24) is 4.98 Å². The average molecular weight is 295 g/mol. The second kappa shape index (κ2) is 6.78. The van der Waals surface area contributed by atoms with E-state index >= 15 is 0 Å². The van der Waals surface area contributed by atoms with Gasteiger partial charge in [-0.1, -0.05) is 41.9 Å². The molecule has 0 atom stereocenters. The van der Waals surface area contributed by atoms with Crippen molar-refractivity contribution in [1.29, 1.82) is 0 Å². The minimum absolute atomic E-state index is 0.404. The zero-order valence-corrected chi connectivity index (χ0v) is 12.3. The highest BCUT2D eigenvalue weighted by molar-refractivity contribution is 6.32. The van der Waals surface area contributed by atoms with Crippen LogP contribution in [0.1, 0.15) is 11.1 Å². The molecule has 0 saturated heterocycles. The lowest BCUT2D eigenvalue weighted by molar-refractivity contribution is 0.859. The van der Waals surface area contributed by atoms with Gasteiger partial charge in [-0.15, -0.1) is 11.6 Å². The maximum absolute atomic E-state index is 6.01. The van der Waals surface area contributed by atoms with Gasteiger partial charge in [0.05, 0.1) is 5.02 Å². The molecule has 0 fully saturated rings. The number of rotatable bonds is 5. The number of anilines is 1. The Morgan fingerprint density at radius 2 is 1.95 bits per heavy atom. The van der Waals surface area contributed by atoms with Gasteiger partial charge in [-0.05, 0) is 23.6 Å². The van der Waals surface area contributed by atoms with Gasteiger partial charge in [0.2, 0.25) is 0 Å². The third kappa shape index (κ3) is 3.85. The highest BCUT2D eigenvalue weighted by Crippen LogP contribution is 2.21. The summed E-state index contributed by atoms with van der Waals surface area (Å²) in [6, 6.07) is 12.4. The summed E-state index contributed by atoms with van der Waals surface area (Å²) in [4.78, 5) is 6.44. The highest BCUT2D eigenvalue weighted by atomic mass is 35.5. The smallest absolute Gasteiger partial charge is 0.128 e. The Morgan fingerprint density at radius 1 is 1.21 bits per heavy atom. The molecule has 1 aromatic carbocycles. The van der Waals surface area contributed by atoms with Crippen molar-refractivity contribution < 1.29 is 0 Å². The van der Waals surface area contributed by atoms with E-state index in [1.807, 2.05) is 19.2 Å². The molecule has 0 aliphatic carbocycles. The Bertz CT molecular complexity index is 529. The van der Waals surface area contributed by atoms with E-state index < -0.39 is 0 Å². The van der Waals surface area contributed by atoms with Crippen LogP contribution in [0.3, 0.4) is 0 Å². The number of halogens is 2. The van der Waals surface area contributed by atoms with Gasteiger partial charge in [-0.25, -0.2) is 4.98 Å². The maximum Gasteiger partial charge on any atom is 0.128 e. The summed E-state index contributed by atoms with van der Waals surface area (Å²) in [7, 11) is 2.02. The molecule has 100 valence electrons. The number of nitrogens with zero attached hydrogens (tertiary/aromatic N) is 2. The Kier molecular flexibility index (Phi) is 5.06. The van der Waals surface area contributed by atoms with Crippen LogP contribution in [0.25, 0.3) is 0 Å². The molecule has 1 aromatic heterocycles. The highest BCUT2D eigenvalue weighted by Gasteiger charge is 2.06. The van der Waals surface area contributed by atoms with Crippen LogP contribution in [-0.2, 0) is 12.3 Å². The van der Waals surface area contributed by atoms with E-state index in [9.17, 15) is 0 Å². The lowest BCUT2D eigenvalue weighted by atomic mass is 10.1. The van der Waals surface area contributed by atoms with E-state index in [0.29, 0.717) is 10.9 Å². The number of benzene rings is 1. The van der Waals surface area contributed by atoms with Gasteiger partial charge in [-0.3, -0.25) is 0 Å². The van der Waals surface area contributed by atoms with Crippen LogP contribution in [0, 0.1) is 0 Å². The van der Waals surface area contributed by atoms with Gasteiger partial charge in [0.15, 0.2) is 0 Å². The molecule has 0 bridgehead atoms. The van der Waals surface area contributed by atoms with Gasteiger partial charge in [0.1, 0.15) is 5.82 Å². The summed E-state index contributed by atoms with van der Waals surface area (Å²) >= 11 is 11.9. The van der Waals surface area contributed by atoms with Crippen molar-refractivity contribution in [2.24, 2.45) is 0 Å². The summed E-state index contributed by atoms with van der Waals surface area (Å²) in [6.07, 6.45) is 2.64. The van der Waals surface area contributed by atoms with Crippen LogP contribution in [0.5, 0.6) is 0 Å². The van der Waals surface area contributed by atoms with E-state index in [0.717, 1.165) is 24.3 Å². The van der Waals surface area contributed by atoms with Crippen LogP contribution in [0.4, 0.5) is 5.82 Å². The number of alkyl halides is 1. The van der Waals surface area contributed by atoms with Gasteiger partial charge in [0, 0.05) is 25.7 Å². The van der Waals surface area contributed by atoms with Crippen LogP contribution >= 0.6 is 23.2 Å². The third-order valence-corrected chi connectivity index (χ3v) is 3.66. The van der Waals surface area contributed by atoms with E-state index in [1.54, 1.807) is 6.20 Å². The predicted octanol–water partition coefficient (Wildman–Crippen LogP) is 4.15. The van der Waals surface area contributed by atoms with Crippen LogP contribution < -0.4 is 4.90 Å². The molecule has 19 heavy (non-hydrogen) atoms. The summed E-state index contributed by atoms with van der Waals surface area (Å²) in [6.45, 7) is 0.903. The van der Waals surface area contributed by atoms with Crippen molar-refractivity contribution in [2.75, 3.05) is 18.5 Å². The molecule has 2 nitrogen and oxygen atoms in total. The first kappa shape index (κ1) is 14.2. The summed E-state index contributed by atoms with van der Waals surface area (Å²) < 4.78 is 0. The number of hydrogen-bond acceptors (Lipinski definition) is 2. The SMILES string of the molecule is CN(CCc1ccccc1)c1cc(CCl)c(Cl)cn1. The first-order valence-electron chi connectivity index (χ1n) is 6.16. The number of hydrogen-bond donors (Lipinski definition) is 0. The molecule has 0 aliphatic rings. The Morgan fingerprint density at radius 3 is 2.63 bits per heavy atom. The molecule has 0 spiro atoms. The van der Waals surface area contributed by atoms with Crippen LogP contribution in [0.15, 0.2) is 42.6 Å². The van der Waals surface area contributed by atoms with Crippen molar-refractivity contribution in [2.45, 2.75) is 12.3 Å². The molecular formula is C15H16Cl2N2. The molecule has 1 heterocycles. The molecule has 2 rings (SSSR count). The molecule has 0 aliphatic heterocycles. The van der Waals surface area contributed by atoms with Crippen molar-refractivity contribution in [3.63, 3.8) is 0 Å². The quantitative estimate of drug-likeness (QED) is 0.770. The molecule has 0 unspecified atom stereocenters. The van der Waals surface area contributed by atoms with E-state index in [4.69, 9.17) is 23.2 Å². The number of likely N-dealkylation sites (N-methyl/N-ethyl adjacent to an activating group) is 1. The molecular weight excluding hydrogens is 279 g/mol. The monoisotopic (exact) mass is 294 g/mol. The van der Waals surface area contributed by atoms with Crippen LogP contribution in [0.2, 0.25) is 5.02 Å². The Hall–Kier alpha value is -1.25. The Balaban J connectivity index is 2.02. The molecule has 0 radical (unpaired) electrons. The number of aromatic nitrogens is 1. The summed E-state index contributed by atoms with van der Waals surface area (Å²) in [5.74, 6) is 1.30. The maximum atomic E-state index is 6.01. The van der Waals surface area contributed by atoms with Gasteiger partial charge in [0.25, 0.3) is 0 Å². The lowest BCUT2D eigenvalue weighted by Crippen LogP contribution is -2.21. The second-order valence-electron chi connectivity index (χ2n) is 4.42. The normalized spacial score (nSPS) is 10.5. The molecule has 0 N–H and O–H groups in total. The average Bonchev–Trinajstić information content (AvgIpc) is 2.46. The van der Waals surface area contributed by atoms with Gasteiger partial charge < -0.3 is 4.90 Å². The fourth-order valence-electron chi connectivity index (χ4n) is 1.83. The fourth-order valence-corrected chi connectivity index (χ4v) is 2.29. The zero-order chi connectivity index (χ0) is 13.7. The molecule has 2 aromatic rings. The second-order valence-corrected chi connectivity index (χ2v) is 5.10. The number of pyridine rings is 1. The molecule has 4 heteroatoms. The zero-order valence-electron chi connectivity index (χ0n) is 10.8. The van der Waals surface area contributed by atoms with Gasteiger partial charge >= 0.3 is 0 Å². The van der Waals surface area contributed by atoms with E-state index in [-0.39, 0.29) is 0 Å². The molecule has 0 amide bonds. The fraction of sp³-hybridized carbons (Fsp3) is 0.267. The van der Waals surface area contributed by atoms with Crippen LogP contribution in [-0.4, -0.2) is 18.6 Å². The largest absolute Gasteiger partial charge is 0.359 e. The van der Waals surface area contributed by atoms with Crippen molar-refractivity contribution in [3.05, 3.63) is 58.7 Å². The minimum atomic E-state index is 0.404. The van der Waals surface area contributed by atoms with E-state index in [1.165, 1.54) is 5.56 Å².